The quantitative estimate of drug-likeness (QED) is 0.159. The van der Waals surface area contributed by atoms with E-state index in [1.165, 1.54) is 0 Å². The molecule has 0 fully saturated rings. The van der Waals surface area contributed by atoms with E-state index < -0.39 is 365 Å². The Balaban J connectivity index is 1.34. The summed E-state index contributed by atoms with van der Waals surface area (Å²) in [7, 11) is 0. The van der Waals surface area contributed by atoms with Crippen LogP contribution in [0.25, 0.3) is 66.4 Å². The monoisotopic (exact) mass is 887 g/mol. The van der Waals surface area contributed by atoms with Crippen LogP contribution < -0.4 is 4.90 Å². The highest BCUT2D eigenvalue weighted by atomic mass is 16.3. The standard InChI is InChI=1S/C64H45NO/c1-63(2)53-31-13-9-26-51(53)61-55(63)33-19-36-58(61)65(45-40-38-42(39-41-45)46-28-17-30-50-48-25-12-16-37-59(48)66-62(46)50)57-35-15-11-24-47(57)49-29-18-34-56-60(49)52-27-10-14-32-54(52)64(56,43-20-5-3-6-21-43)44-22-7-4-8-23-44/h3-41H,1-2H3/i1D3,2D3,3D,4D,5D,6D,7D,8D,9D,10D,11D,12D,13D,14D,15D,16D,17D,18D,19D,20D,21D,22D,23D,25D,26D,27D,28D,29D,30D,31D,33D,34D,35D,36D,37D,38D,39D,40D,41D. The zero-order chi connectivity index (χ0) is 81.2. The zero-order valence-corrected chi connectivity index (χ0v) is 33.0. The van der Waals surface area contributed by atoms with Crippen LogP contribution >= 0.6 is 0 Å². The highest BCUT2D eigenvalue weighted by Crippen LogP contribution is 2.60. The fourth-order valence-electron chi connectivity index (χ4n) is 8.72. The van der Waals surface area contributed by atoms with E-state index in [0.717, 1.165) is 0 Å². The minimum Gasteiger partial charge on any atom is -0.455 e. The molecule has 0 atom stereocenters. The average molecular weight is 887 g/mol. The molecule has 0 amide bonds. The van der Waals surface area contributed by atoms with Gasteiger partial charge in [0.2, 0.25) is 0 Å². The minimum atomic E-state index is -4.21. The Bertz CT molecular complexity index is 5950. The van der Waals surface area contributed by atoms with Crippen molar-refractivity contribution in [3.63, 3.8) is 0 Å². The molecule has 1 aromatic heterocycles. The van der Waals surface area contributed by atoms with Gasteiger partial charge in [-0.1, -0.05) is 219 Å². The van der Waals surface area contributed by atoms with E-state index >= 15 is 0 Å². The molecule has 11 aromatic rings. The Morgan fingerprint density at radius 1 is 0.409 bits per heavy atom. The van der Waals surface area contributed by atoms with Gasteiger partial charge in [-0.3, -0.25) is 0 Å². The smallest absolute Gasteiger partial charge is 0.143 e. The Morgan fingerprint density at radius 2 is 0.985 bits per heavy atom. The molecule has 0 saturated carbocycles. The van der Waals surface area contributed by atoms with Crippen molar-refractivity contribution < 1.29 is 63.4 Å². The Kier molecular flexibility index (Phi) is 3.26. The zero-order valence-electron chi connectivity index (χ0n) is 76.0. The number of para-hydroxylation sites is 3. The number of hydrogen-bond acceptors (Lipinski definition) is 2. The maximum Gasteiger partial charge on any atom is 0.143 e. The first kappa shape index (κ1) is 14.7. The van der Waals surface area contributed by atoms with E-state index in [4.69, 9.17) is 23.6 Å². The van der Waals surface area contributed by atoms with Crippen LogP contribution in [0.15, 0.2) is 240 Å². The number of fused-ring (bicyclic) bond motifs is 9. The minimum absolute atomic E-state index is 0.173. The van der Waals surface area contributed by atoms with Gasteiger partial charge >= 0.3 is 0 Å². The van der Waals surface area contributed by atoms with Crippen LogP contribution in [0.4, 0.5) is 17.1 Å². The van der Waals surface area contributed by atoms with E-state index in [9.17, 15) is 39.8 Å². The molecule has 10 aromatic carbocycles. The normalized spacial score (nSPS) is 23.4. The van der Waals surface area contributed by atoms with Gasteiger partial charge in [0.15, 0.2) is 0 Å². The first-order valence-corrected chi connectivity index (χ1v) is 19.5. The second-order valence-electron chi connectivity index (χ2n) is 14.7. The van der Waals surface area contributed by atoms with Crippen LogP contribution in [0.3, 0.4) is 0 Å². The summed E-state index contributed by atoms with van der Waals surface area (Å²) < 4.78 is 411. The lowest BCUT2D eigenvalue weighted by molar-refractivity contribution is 0.660. The Labute approximate surface area is 446 Å². The number of rotatable bonds is 7. The number of nitrogens with zero attached hydrogens (tertiary/aromatic N) is 1. The molecule has 0 bridgehead atoms. The van der Waals surface area contributed by atoms with Crippen LogP contribution in [0.5, 0.6) is 0 Å². The summed E-state index contributed by atoms with van der Waals surface area (Å²) in [5.41, 5.74) is -29.4. The fraction of sp³-hybridized carbons (Fsp3) is 0.0625. The third-order valence-corrected chi connectivity index (χ3v) is 11.4. The molecule has 0 spiro atoms. The molecular formula is C64H45NO. The first-order chi connectivity index (χ1) is 50.4. The van der Waals surface area contributed by atoms with Crippen molar-refractivity contribution in [3.05, 3.63) is 269 Å². The fourth-order valence-corrected chi connectivity index (χ4v) is 8.72. The summed E-state index contributed by atoms with van der Waals surface area (Å²) in [6.07, 6.45) is 0. The van der Waals surface area contributed by atoms with Gasteiger partial charge in [-0.15, -0.1) is 0 Å². The maximum absolute atomic E-state index is 10.3. The predicted octanol–water partition coefficient (Wildman–Crippen LogP) is 17.1. The SMILES string of the molecule is [2H]c1cc2c(c([2H])c1[2H])-c1c(-c3cc([2H])c([2H])c([2H])c3N(c3c([2H])c([2H])c(-c4c([2H])c([2H])c([2H])c5c4oc4c([2H])c([2H])c([2H])c([2H])c45)c([2H])c3[2H])c3c([2H])c([2H])c([2H])c4c3-c3c([2H])c([2H])c([2H])c([2H])c3C4(C([2H])([2H])[2H])C([2H])([2H])[2H])c([2H])c([2H])c([2H])c1C2(c1c([2H])c([2H])c([2H])c([2H])c1[2H])c1c([2H])c([2H])c([2H])c([2H])c1[2H]. The van der Waals surface area contributed by atoms with E-state index in [-0.39, 0.29) is 4.90 Å². The third-order valence-electron chi connectivity index (χ3n) is 11.4. The molecule has 0 unspecified atom stereocenters. The van der Waals surface area contributed by atoms with Gasteiger partial charge in [-0.05, 0) is 91.4 Å². The molecule has 0 N–H and O–H groups in total. The summed E-state index contributed by atoms with van der Waals surface area (Å²) in [6, 6.07) is -45.5. The highest BCUT2D eigenvalue weighted by Gasteiger charge is 2.47. The molecule has 0 aliphatic heterocycles. The van der Waals surface area contributed by atoms with Gasteiger partial charge in [0.1, 0.15) is 11.2 Å². The number of furan rings is 1. The van der Waals surface area contributed by atoms with Crippen molar-refractivity contribution in [1.29, 1.82) is 0 Å². The summed E-state index contributed by atoms with van der Waals surface area (Å²) in [4.78, 5) is 0.173. The van der Waals surface area contributed by atoms with E-state index in [1.807, 2.05) is 0 Å². The van der Waals surface area contributed by atoms with Gasteiger partial charge in [-0.25, -0.2) is 0 Å². The van der Waals surface area contributed by atoms with Crippen LogP contribution in [0.1, 0.15) is 106 Å². The topological polar surface area (TPSA) is 16.4 Å². The molecule has 1 heterocycles. The van der Waals surface area contributed by atoms with E-state index in [0.29, 0.717) is 12.1 Å². The van der Waals surface area contributed by atoms with Crippen molar-refractivity contribution in [3.8, 4) is 44.5 Å². The predicted molar refractivity (Wildman–Crippen MR) is 274 cm³/mol. The number of hydrogen-bond donors (Lipinski definition) is 0. The summed E-state index contributed by atoms with van der Waals surface area (Å²) in [5.74, 6) is 0. The van der Waals surface area contributed by atoms with Gasteiger partial charge in [0.25, 0.3) is 0 Å². The van der Waals surface area contributed by atoms with E-state index in [2.05, 4.69) is 0 Å². The Morgan fingerprint density at radius 3 is 1.79 bits per heavy atom. The lowest BCUT2D eigenvalue weighted by Crippen LogP contribution is -2.28. The lowest BCUT2D eigenvalue weighted by atomic mass is 9.67. The van der Waals surface area contributed by atoms with Crippen LogP contribution in [0, 0.1) is 0 Å². The molecule has 13 rings (SSSR count). The average Bonchev–Trinajstić information content (AvgIpc) is 1.51. The molecular weight excluding hydrogens is 799 g/mol. The second-order valence-corrected chi connectivity index (χ2v) is 14.7. The van der Waals surface area contributed by atoms with Crippen LogP contribution in [-0.4, -0.2) is 0 Å². The summed E-state index contributed by atoms with van der Waals surface area (Å²) in [5, 5.41) is -1.22. The molecule has 0 saturated heterocycles. The molecule has 0 radical (unpaired) electrons. The third kappa shape index (κ3) is 5.42. The molecule has 2 heteroatoms. The van der Waals surface area contributed by atoms with Gasteiger partial charge < -0.3 is 9.32 Å². The number of anilines is 3. The van der Waals surface area contributed by atoms with Crippen LogP contribution in [0.2, 0.25) is 0 Å². The Hall–Kier alpha value is -8.20. The summed E-state index contributed by atoms with van der Waals surface area (Å²) >= 11 is 0. The molecule has 312 valence electrons. The van der Waals surface area contributed by atoms with Crippen molar-refractivity contribution >= 4 is 39.0 Å². The molecule has 2 nitrogen and oxygen atoms in total. The van der Waals surface area contributed by atoms with Crippen molar-refractivity contribution in [2.45, 2.75) is 24.5 Å². The summed E-state index contributed by atoms with van der Waals surface area (Å²) in [6.45, 7) is -8.41. The highest BCUT2D eigenvalue weighted by molar-refractivity contribution is 6.10. The largest absolute Gasteiger partial charge is 0.455 e. The van der Waals surface area contributed by atoms with Crippen molar-refractivity contribution in [1.82, 2.24) is 0 Å². The molecule has 66 heavy (non-hydrogen) atoms. The maximum atomic E-state index is 10.3. The molecule has 2 aliphatic carbocycles. The lowest BCUT2D eigenvalue weighted by Gasteiger charge is -2.34. The molecule has 2 aliphatic rings. The van der Waals surface area contributed by atoms with Gasteiger partial charge in [0.05, 0.1) is 67.5 Å². The van der Waals surface area contributed by atoms with Crippen molar-refractivity contribution in [2.24, 2.45) is 0 Å². The van der Waals surface area contributed by atoms with Gasteiger partial charge in [-0.2, -0.15) is 0 Å². The van der Waals surface area contributed by atoms with Crippen molar-refractivity contribution in [2.75, 3.05) is 4.90 Å². The van der Waals surface area contributed by atoms with Gasteiger partial charge in [0, 0.05) is 46.8 Å². The van der Waals surface area contributed by atoms with Crippen LogP contribution in [-0.2, 0) is 10.8 Å². The second kappa shape index (κ2) is 14.7. The first-order valence-electron chi connectivity index (χ1n) is 41.0. The number of benzene rings is 10. The van der Waals surface area contributed by atoms with E-state index in [1.54, 1.807) is 0 Å².